The summed E-state index contributed by atoms with van der Waals surface area (Å²) < 4.78 is 8.02. The maximum Gasteiger partial charge on any atom is 0.135 e. The van der Waals surface area contributed by atoms with Crippen molar-refractivity contribution in [3.63, 3.8) is 0 Å². The summed E-state index contributed by atoms with van der Waals surface area (Å²) in [5, 5.41) is 3.39. The molecule has 102 valence electrons. The Morgan fingerprint density at radius 2 is 2.00 bits per heavy atom. The summed E-state index contributed by atoms with van der Waals surface area (Å²) in [6.45, 7) is 5.26. The Morgan fingerprint density at radius 1 is 1.21 bits per heavy atom. The van der Waals surface area contributed by atoms with Gasteiger partial charge in [-0.1, -0.05) is 38.8 Å². The van der Waals surface area contributed by atoms with Crippen LogP contribution in [0.1, 0.15) is 19.6 Å². The number of likely N-dealkylation sites (N-methyl/N-ethyl adjacent to an activating group) is 1. The molecule has 0 saturated carbocycles. The quantitative estimate of drug-likeness (QED) is 0.780. The topological polar surface area (TPSA) is 25.2 Å². The van der Waals surface area contributed by atoms with Crippen molar-refractivity contribution in [3.05, 3.63) is 45.0 Å². The molecule has 0 aliphatic rings. The van der Waals surface area contributed by atoms with Gasteiger partial charge in [0.1, 0.15) is 11.5 Å². The molecule has 0 spiro atoms. The molecule has 2 rings (SSSR count). The van der Waals surface area contributed by atoms with E-state index in [-0.39, 0.29) is 0 Å². The van der Waals surface area contributed by atoms with Crippen LogP contribution in [0, 0.1) is 0 Å². The molecule has 0 bridgehead atoms. The van der Waals surface area contributed by atoms with Gasteiger partial charge in [0, 0.05) is 27.0 Å². The maximum atomic E-state index is 5.93. The minimum absolute atomic E-state index is 0.426. The molecular weight excluding hydrogens is 370 g/mol. The van der Waals surface area contributed by atoms with E-state index in [0.717, 1.165) is 39.0 Å². The van der Waals surface area contributed by atoms with Gasteiger partial charge in [0.05, 0.1) is 0 Å². The molecule has 2 aromatic rings. The third-order valence-corrected chi connectivity index (χ3v) is 4.10. The van der Waals surface area contributed by atoms with E-state index in [1.54, 1.807) is 0 Å². The predicted octanol–water partition coefficient (Wildman–Crippen LogP) is 5.01. The molecule has 0 saturated heterocycles. The fraction of sp³-hybridized carbons (Fsp3) is 0.333. The number of benzene rings is 1. The largest absolute Gasteiger partial charge is 0.461 e. The Morgan fingerprint density at radius 3 is 2.74 bits per heavy atom. The van der Waals surface area contributed by atoms with Gasteiger partial charge < -0.3 is 9.73 Å². The van der Waals surface area contributed by atoms with Crippen molar-refractivity contribution in [1.82, 2.24) is 5.32 Å². The lowest BCUT2D eigenvalue weighted by Crippen LogP contribution is -2.27. The zero-order chi connectivity index (χ0) is 13.8. The van der Waals surface area contributed by atoms with E-state index in [1.807, 2.05) is 18.2 Å². The Hall–Kier alpha value is -0.580. The summed E-state index contributed by atoms with van der Waals surface area (Å²) in [6.07, 6.45) is 0.902. The van der Waals surface area contributed by atoms with Gasteiger partial charge in [-0.2, -0.15) is 0 Å². The molecule has 1 atom stereocenters. The van der Waals surface area contributed by atoms with Crippen LogP contribution >= 0.6 is 31.9 Å². The van der Waals surface area contributed by atoms with E-state index in [2.05, 4.69) is 63.2 Å². The van der Waals surface area contributed by atoms with Crippen LogP contribution in [-0.4, -0.2) is 12.6 Å². The van der Waals surface area contributed by atoms with Gasteiger partial charge in [-0.05, 0) is 43.8 Å². The normalized spacial score (nSPS) is 12.6. The van der Waals surface area contributed by atoms with Crippen LogP contribution in [-0.2, 0) is 6.42 Å². The van der Waals surface area contributed by atoms with Crippen molar-refractivity contribution in [3.8, 4) is 11.3 Å². The molecule has 0 fully saturated rings. The van der Waals surface area contributed by atoms with E-state index < -0.39 is 0 Å². The second-order valence-corrected chi connectivity index (χ2v) is 6.32. The third-order valence-electron chi connectivity index (χ3n) is 2.92. The number of furan rings is 1. The molecule has 1 N–H and O–H groups in total. The van der Waals surface area contributed by atoms with Gasteiger partial charge in [0.15, 0.2) is 0 Å². The number of nitrogens with one attached hydrogen (secondary N) is 1. The van der Waals surface area contributed by atoms with Gasteiger partial charge in [-0.15, -0.1) is 0 Å². The average Bonchev–Trinajstić information content (AvgIpc) is 2.81. The average molecular weight is 387 g/mol. The molecule has 19 heavy (non-hydrogen) atoms. The summed E-state index contributed by atoms with van der Waals surface area (Å²) in [4.78, 5) is 0. The molecule has 0 amide bonds. The number of halogens is 2. The van der Waals surface area contributed by atoms with Gasteiger partial charge in [-0.3, -0.25) is 0 Å². The summed E-state index contributed by atoms with van der Waals surface area (Å²) in [5.41, 5.74) is 1.07. The molecular formula is C15H17Br2NO. The number of hydrogen-bond acceptors (Lipinski definition) is 2. The molecule has 0 aliphatic carbocycles. The summed E-state index contributed by atoms with van der Waals surface area (Å²) >= 11 is 7.05. The van der Waals surface area contributed by atoms with E-state index >= 15 is 0 Å². The van der Waals surface area contributed by atoms with Gasteiger partial charge in [-0.25, -0.2) is 0 Å². The zero-order valence-corrected chi connectivity index (χ0v) is 14.2. The van der Waals surface area contributed by atoms with Crippen molar-refractivity contribution < 1.29 is 4.42 Å². The number of rotatable bonds is 5. The Bertz CT molecular complexity index is 551. The minimum atomic E-state index is 0.426. The highest BCUT2D eigenvalue weighted by Gasteiger charge is 2.11. The fourth-order valence-electron chi connectivity index (χ4n) is 2.04. The van der Waals surface area contributed by atoms with E-state index in [4.69, 9.17) is 4.42 Å². The van der Waals surface area contributed by atoms with Crippen LogP contribution in [0.5, 0.6) is 0 Å². The highest BCUT2D eigenvalue weighted by molar-refractivity contribution is 9.11. The maximum absolute atomic E-state index is 5.93. The van der Waals surface area contributed by atoms with Crippen molar-refractivity contribution in [2.45, 2.75) is 26.3 Å². The Kier molecular flexibility index (Phi) is 5.25. The van der Waals surface area contributed by atoms with E-state index in [1.165, 1.54) is 0 Å². The smallest absolute Gasteiger partial charge is 0.135 e. The standard InChI is InChI=1S/C15H17Br2NO/c1-3-18-10(2)8-12-5-7-15(19-12)13-9-11(16)4-6-14(13)17/h4-7,9-10,18H,3,8H2,1-2H3. The lowest BCUT2D eigenvalue weighted by atomic mass is 10.2. The molecule has 0 aliphatic heterocycles. The second-order valence-electron chi connectivity index (χ2n) is 4.55. The zero-order valence-electron chi connectivity index (χ0n) is 11.0. The Labute approximate surface area is 130 Å². The van der Waals surface area contributed by atoms with E-state index in [9.17, 15) is 0 Å². The monoisotopic (exact) mass is 385 g/mol. The lowest BCUT2D eigenvalue weighted by Gasteiger charge is -2.09. The summed E-state index contributed by atoms with van der Waals surface area (Å²) in [5.74, 6) is 1.90. The Balaban J connectivity index is 2.18. The summed E-state index contributed by atoms with van der Waals surface area (Å²) in [6, 6.07) is 10.6. The molecule has 1 unspecified atom stereocenters. The molecule has 2 nitrogen and oxygen atoms in total. The third kappa shape index (κ3) is 3.94. The van der Waals surface area contributed by atoms with E-state index in [0.29, 0.717) is 6.04 Å². The molecule has 4 heteroatoms. The highest BCUT2D eigenvalue weighted by atomic mass is 79.9. The first kappa shape index (κ1) is 14.8. The lowest BCUT2D eigenvalue weighted by molar-refractivity contribution is 0.470. The van der Waals surface area contributed by atoms with Gasteiger partial charge >= 0.3 is 0 Å². The first-order valence-electron chi connectivity index (χ1n) is 6.37. The van der Waals surface area contributed by atoms with Gasteiger partial charge in [0.25, 0.3) is 0 Å². The van der Waals surface area contributed by atoms with Crippen LogP contribution in [0.25, 0.3) is 11.3 Å². The molecule has 1 heterocycles. The van der Waals surface area contributed by atoms with Gasteiger partial charge in [0.2, 0.25) is 0 Å². The highest BCUT2D eigenvalue weighted by Crippen LogP contribution is 2.32. The number of hydrogen-bond donors (Lipinski definition) is 1. The van der Waals surface area contributed by atoms with Crippen molar-refractivity contribution in [1.29, 1.82) is 0 Å². The van der Waals surface area contributed by atoms with Crippen molar-refractivity contribution in [2.75, 3.05) is 6.54 Å². The fourth-order valence-corrected chi connectivity index (χ4v) is 2.84. The first-order chi connectivity index (χ1) is 9.10. The molecule has 0 radical (unpaired) electrons. The van der Waals surface area contributed by atoms with Crippen molar-refractivity contribution in [2.24, 2.45) is 0 Å². The van der Waals surface area contributed by atoms with Crippen LogP contribution in [0.3, 0.4) is 0 Å². The SMILES string of the molecule is CCNC(C)Cc1ccc(-c2cc(Br)ccc2Br)o1. The predicted molar refractivity (Wildman–Crippen MR) is 86.4 cm³/mol. The van der Waals surface area contributed by atoms with Crippen LogP contribution < -0.4 is 5.32 Å². The molecule has 1 aromatic carbocycles. The summed E-state index contributed by atoms with van der Waals surface area (Å²) in [7, 11) is 0. The first-order valence-corrected chi connectivity index (χ1v) is 7.96. The van der Waals surface area contributed by atoms with Crippen LogP contribution in [0.15, 0.2) is 43.7 Å². The second kappa shape index (κ2) is 6.73. The van der Waals surface area contributed by atoms with Crippen molar-refractivity contribution >= 4 is 31.9 Å². The van der Waals surface area contributed by atoms with Crippen LogP contribution in [0.4, 0.5) is 0 Å². The van der Waals surface area contributed by atoms with Crippen LogP contribution in [0.2, 0.25) is 0 Å². The minimum Gasteiger partial charge on any atom is -0.461 e. The molecule has 1 aromatic heterocycles.